The minimum Gasteiger partial charge on any atom is -0.395 e. The first-order valence-electron chi connectivity index (χ1n) is 7.67. The van der Waals surface area contributed by atoms with Crippen LogP contribution >= 0.6 is 0 Å². The summed E-state index contributed by atoms with van der Waals surface area (Å²) in [6, 6.07) is 5.82. The highest BCUT2D eigenvalue weighted by Crippen LogP contribution is 2.17. The summed E-state index contributed by atoms with van der Waals surface area (Å²) < 4.78 is 0. The molecular formula is C18H25NO2. The lowest BCUT2D eigenvalue weighted by Gasteiger charge is -2.08. The van der Waals surface area contributed by atoms with E-state index in [9.17, 15) is 4.79 Å². The van der Waals surface area contributed by atoms with E-state index in [0.29, 0.717) is 12.8 Å². The molecule has 0 bridgehead atoms. The predicted molar refractivity (Wildman–Crippen MR) is 87.1 cm³/mol. The minimum absolute atomic E-state index is 0.0434. The molecule has 0 atom stereocenters. The Morgan fingerprint density at radius 3 is 2.81 bits per heavy atom. The Labute approximate surface area is 127 Å². The van der Waals surface area contributed by atoms with Crippen molar-refractivity contribution in [3.8, 4) is 11.8 Å². The molecule has 1 aromatic carbocycles. The Morgan fingerprint density at radius 1 is 1.29 bits per heavy atom. The average molecular weight is 287 g/mol. The first-order valence-corrected chi connectivity index (χ1v) is 7.67. The molecule has 21 heavy (non-hydrogen) atoms. The summed E-state index contributed by atoms with van der Waals surface area (Å²) in [4.78, 5) is 12.0. The van der Waals surface area contributed by atoms with Crippen LogP contribution in [0.2, 0.25) is 0 Å². The van der Waals surface area contributed by atoms with Gasteiger partial charge < -0.3 is 10.4 Å². The zero-order valence-corrected chi connectivity index (χ0v) is 13.0. The fraction of sp³-hybridized carbons (Fsp3) is 0.500. The zero-order chi connectivity index (χ0) is 15.5. The van der Waals surface area contributed by atoms with Gasteiger partial charge in [-0.15, -0.1) is 0 Å². The lowest BCUT2D eigenvalue weighted by molar-refractivity contribution is -0.116. The van der Waals surface area contributed by atoms with Crippen LogP contribution in [-0.2, 0) is 4.79 Å². The molecule has 0 saturated heterocycles. The van der Waals surface area contributed by atoms with Crippen molar-refractivity contribution < 1.29 is 9.90 Å². The van der Waals surface area contributed by atoms with Crippen molar-refractivity contribution in [2.75, 3.05) is 11.9 Å². The third-order valence-corrected chi connectivity index (χ3v) is 3.17. The molecule has 0 spiro atoms. The standard InChI is InChI=1S/C18H25NO2/c1-3-4-5-6-10-18(21)19-17-14-15(2)11-12-16(17)9-7-8-13-20/h11-12,14,20H,3-6,8,10,13H2,1-2H3,(H,19,21). The number of aryl methyl sites for hydroxylation is 1. The van der Waals surface area contributed by atoms with Crippen molar-refractivity contribution in [3.63, 3.8) is 0 Å². The van der Waals surface area contributed by atoms with Crippen LogP contribution < -0.4 is 5.32 Å². The number of unbranched alkanes of at least 4 members (excludes halogenated alkanes) is 3. The van der Waals surface area contributed by atoms with Gasteiger partial charge in [0.1, 0.15) is 0 Å². The highest BCUT2D eigenvalue weighted by molar-refractivity contribution is 5.92. The van der Waals surface area contributed by atoms with Gasteiger partial charge in [0.2, 0.25) is 5.91 Å². The molecule has 0 saturated carbocycles. The number of carbonyl (C=O) groups excluding carboxylic acids is 1. The van der Waals surface area contributed by atoms with Crippen LogP contribution in [0.1, 0.15) is 56.6 Å². The zero-order valence-electron chi connectivity index (χ0n) is 13.0. The Hall–Kier alpha value is -1.79. The third kappa shape index (κ3) is 6.97. The second kappa shape index (κ2) is 10.0. The molecule has 3 nitrogen and oxygen atoms in total. The van der Waals surface area contributed by atoms with Crippen molar-refractivity contribution in [1.82, 2.24) is 0 Å². The number of anilines is 1. The minimum atomic E-state index is 0.0434. The van der Waals surface area contributed by atoms with E-state index in [1.807, 2.05) is 25.1 Å². The van der Waals surface area contributed by atoms with E-state index in [-0.39, 0.29) is 12.5 Å². The second-order valence-corrected chi connectivity index (χ2v) is 5.18. The van der Waals surface area contributed by atoms with Crippen LogP contribution in [0.25, 0.3) is 0 Å². The van der Waals surface area contributed by atoms with Crippen LogP contribution in [0.3, 0.4) is 0 Å². The number of carbonyl (C=O) groups is 1. The molecule has 2 N–H and O–H groups in total. The van der Waals surface area contributed by atoms with Crippen molar-refractivity contribution >= 4 is 11.6 Å². The van der Waals surface area contributed by atoms with E-state index >= 15 is 0 Å². The predicted octanol–water partition coefficient (Wildman–Crippen LogP) is 3.64. The fourth-order valence-electron chi connectivity index (χ4n) is 2.01. The van der Waals surface area contributed by atoms with E-state index in [4.69, 9.17) is 5.11 Å². The highest BCUT2D eigenvalue weighted by Gasteiger charge is 2.06. The van der Waals surface area contributed by atoms with E-state index in [1.54, 1.807) is 0 Å². The molecule has 0 heterocycles. The van der Waals surface area contributed by atoms with Crippen LogP contribution in [0.5, 0.6) is 0 Å². The van der Waals surface area contributed by atoms with Gasteiger partial charge in [0.15, 0.2) is 0 Å². The van der Waals surface area contributed by atoms with Crippen LogP contribution in [0, 0.1) is 18.8 Å². The largest absolute Gasteiger partial charge is 0.395 e. The summed E-state index contributed by atoms with van der Waals surface area (Å²) in [5.41, 5.74) is 2.65. The van der Waals surface area contributed by atoms with Crippen molar-refractivity contribution in [1.29, 1.82) is 0 Å². The number of hydrogen-bond donors (Lipinski definition) is 2. The number of nitrogens with one attached hydrogen (secondary N) is 1. The molecule has 0 unspecified atom stereocenters. The van der Waals surface area contributed by atoms with Crippen molar-refractivity contribution in [2.24, 2.45) is 0 Å². The molecule has 0 aliphatic rings. The summed E-state index contributed by atoms with van der Waals surface area (Å²) in [7, 11) is 0. The number of amides is 1. The van der Waals surface area contributed by atoms with E-state index < -0.39 is 0 Å². The molecule has 0 aliphatic heterocycles. The second-order valence-electron chi connectivity index (χ2n) is 5.18. The molecule has 0 fully saturated rings. The van der Waals surface area contributed by atoms with Gasteiger partial charge in [-0.2, -0.15) is 0 Å². The lowest BCUT2D eigenvalue weighted by Crippen LogP contribution is -2.12. The molecule has 1 aromatic rings. The van der Waals surface area contributed by atoms with E-state index in [0.717, 1.165) is 29.7 Å². The smallest absolute Gasteiger partial charge is 0.224 e. The highest BCUT2D eigenvalue weighted by atomic mass is 16.2. The topological polar surface area (TPSA) is 49.3 Å². The van der Waals surface area contributed by atoms with Crippen LogP contribution in [0.4, 0.5) is 5.69 Å². The molecular weight excluding hydrogens is 262 g/mol. The molecule has 0 aliphatic carbocycles. The fourth-order valence-corrected chi connectivity index (χ4v) is 2.01. The quantitative estimate of drug-likeness (QED) is 0.594. The van der Waals surface area contributed by atoms with Gasteiger partial charge in [-0.05, 0) is 31.0 Å². The van der Waals surface area contributed by atoms with Crippen molar-refractivity contribution in [3.05, 3.63) is 29.3 Å². The first kappa shape index (κ1) is 17.3. The maximum absolute atomic E-state index is 12.0. The van der Waals surface area contributed by atoms with Gasteiger partial charge in [0.25, 0.3) is 0 Å². The summed E-state index contributed by atoms with van der Waals surface area (Å²) in [5.74, 6) is 5.93. The normalized spacial score (nSPS) is 9.86. The lowest BCUT2D eigenvalue weighted by atomic mass is 10.1. The molecule has 0 aromatic heterocycles. The Kier molecular flexibility index (Phi) is 8.23. The SMILES string of the molecule is CCCCCCC(=O)Nc1cc(C)ccc1C#CCCO. The molecule has 1 amide bonds. The summed E-state index contributed by atoms with van der Waals surface area (Å²) in [6.07, 6.45) is 5.37. The van der Waals surface area contributed by atoms with E-state index in [1.165, 1.54) is 12.8 Å². The Morgan fingerprint density at radius 2 is 2.10 bits per heavy atom. The third-order valence-electron chi connectivity index (χ3n) is 3.17. The number of aliphatic hydroxyl groups is 1. The maximum atomic E-state index is 12.0. The van der Waals surface area contributed by atoms with E-state index in [2.05, 4.69) is 24.1 Å². The number of aliphatic hydroxyl groups excluding tert-OH is 1. The molecule has 0 radical (unpaired) electrons. The Bertz CT molecular complexity index is 512. The molecule has 1 rings (SSSR count). The van der Waals surface area contributed by atoms with Gasteiger partial charge in [0.05, 0.1) is 12.3 Å². The Balaban J connectivity index is 2.66. The van der Waals surface area contributed by atoms with Gasteiger partial charge in [-0.3, -0.25) is 4.79 Å². The number of benzene rings is 1. The molecule has 114 valence electrons. The van der Waals surface area contributed by atoms with Gasteiger partial charge in [0, 0.05) is 18.4 Å². The monoisotopic (exact) mass is 287 g/mol. The molecule has 3 heteroatoms. The number of rotatable bonds is 7. The van der Waals surface area contributed by atoms with Gasteiger partial charge in [-0.25, -0.2) is 0 Å². The average Bonchev–Trinajstić information content (AvgIpc) is 2.46. The van der Waals surface area contributed by atoms with Crippen LogP contribution in [-0.4, -0.2) is 17.6 Å². The maximum Gasteiger partial charge on any atom is 0.224 e. The summed E-state index contributed by atoms with van der Waals surface area (Å²) in [6.45, 7) is 4.20. The van der Waals surface area contributed by atoms with Gasteiger partial charge in [-0.1, -0.05) is 44.1 Å². The van der Waals surface area contributed by atoms with Gasteiger partial charge >= 0.3 is 0 Å². The van der Waals surface area contributed by atoms with Crippen molar-refractivity contribution in [2.45, 2.75) is 52.4 Å². The number of hydrogen-bond acceptors (Lipinski definition) is 2. The first-order chi connectivity index (χ1) is 10.2. The summed E-state index contributed by atoms with van der Waals surface area (Å²) >= 11 is 0. The summed E-state index contributed by atoms with van der Waals surface area (Å²) in [5, 5.41) is 11.7. The van der Waals surface area contributed by atoms with Crippen LogP contribution in [0.15, 0.2) is 18.2 Å².